The SMILES string of the molecule is c1ccc(-c2ccc(N3B4c5c(cc6ccccc6c5-c5ccc6ccccc6c53)-n3c5c4cccc5c4sc5ccccc5c43)cc2)cc1. The van der Waals surface area contributed by atoms with E-state index in [0.29, 0.717) is 0 Å². The van der Waals surface area contributed by atoms with Crippen LogP contribution in [-0.4, -0.2) is 11.4 Å². The van der Waals surface area contributed by atoms with E-state index in [9.17, 15) is 0 Å². The summed E-state index contributed by atoms with van der Waals surface area (Å²) in [5.41, 5.74) is 14.2. The molecule has 8 aromatic carbocycles. The second kappa shape index (κ2) is 9.75. The van der Waals surface area contributed by atoms with E-state index in [4.69, 9.17) is 0 Å². The van der Waals surface area contributed by atoms with Gasteiger partial charge in [0.1, 0.15) is 0 Å². The number of thiophene rings is 1. The van der Waals surface area contributed by atoms with Crippen LogP contribution in [-0.2, 0) is 0 Å². The molecule has 230 valence electrons. The normalized spacial score (nSPS) is 13.1. The molecule has 0 spiro atoms. The Balaban J connectivity index is 1.27. The van der Waals surface area contributed by atoms with Crippen LogP contribution in [0, 0.1) is 0 Å². The van der Waals surface area contributed by atoms with E-state index >= 15 is 0 Å². The standard InChI is InChI=1S/C46H27BN2S/c1-2-11-28(12-3-1)29-21-24-32(25-22-29)49-43-34-16-7-4-13-30(34)23-26-36(43)41-33-15-6-5-14-31(33)27-39-42(41)47(49)38-19-10-18-37-44(38)48(39)45-35-17-8-9-20-40(35)50-46(37)45/h1-27H. The molecule has 0 atom stereocenters. The van der Waals surface area contributed by atoms with Crippen molar-refractivity contribution in [2.45, 2.75) is 0 Å². The van der Waals surface area contributed by atoms with Crippen molar-refractivity contribution in [3.8, 4) is 27.9 Å². The minimum Gasteiger partial charge on any atom is -0.376 e. The summed E-state index contributed by atoms with van der Waals surface area (Å²) < 4.78 is 5.32. The molecule has 4 heterocycles. The molecule has 0 saturated carbocycles. The van der Waals surface area contributed by atoms with Crippen LogP contribution in [0.1, 0.15) is 0 Å². The van der Waals surface area contributed by atoms with Crippen molar-refractivity contribution in [1.82, 2.24) is 4.57 Å². The van der Waals surface area contributed by atoms with Crippen LogP contribution in [0.4, 0.5) is 11.4 Å². The molecule has 12 rings (SSSR count). The molecule has 4 heteroatoms. The molecule has 0 N–H and O–H groups in total. The summed E-state index contributed by atoms with van der Waals surface area (Å²) in [4.78, 5) is 2.66. The third kappa shape index (κ3) is 3.39. The molecule has 0 amide bonds. The zero-order chi connectivity index (χ0) is 32.5. The summed E-state index contributed by atoms with van der Waals surface area (Å²) in [7, 11) is 0. The highest BCUT2D eigenvalue weighted by atomic mass is 32.1. The molecule has 0 bridgehead atoms. The monoisotopic (exact) mass is 650 g/mol. The first-order chi connectivity index (χ1) is 24.8. The molecule has 0 aliphatic carbocycles. The van der Waals surface area contributed by atoms with Gasteiger partial charge in [0.05, 0.1) is 15.7 Å². The summed E-state index contributed by atoms with van der Waals surface area (Å²) in [5, 5.41) is 7.77. The van der Waals surface area contributed by atoms with Gasteiger partial charge in [-0.3, -0.25) is 0 Å². The molecular weight excluding hydrogens is 623 g/mol. The Morgan fingerprint density at radius 3 is 2.06 bits per heavy atom. The lowest BCUT2D eigenvalue weighted by atomic mass is 9.43. The number of benzene rings is 8. The van der Waals surface area contributed by atoms with Crippen LogP contribution >= 0.6 is 11.3 Å². The van der Waals surface area contributed by atoms with Crippen LogP contribution < -0.4 is 15.7 Å². The van der Waals surface area contributed by atoms with Crippen molar-refractivity contribution in [3.63, 3.8) is 0 Å². The fourth-order valence-electron chi connectivity index (χ4n) is 9.10. The summed E-state index contributed by atoms with van der Waals surface area (Å²) in [6, 6.07) is 60.9. The maximum absolute atomic E-state index is 2.66. The Kier molecular flexibility index (Phi) is 5.23. The van der Waals surface area contributed by atoms with E-state index in [-0.39, 0.29) is 6.85 Å². The van der Waals surface area contributed by atoms with Gasteiger partial charge < -0.3 is 9.38 Å². The molecular formula is C46H27BN2S. The molecule has 0 unspecified atom stereocenters. The second-order valence-electron chi connectivity index (χ2n) is 13.6. The van der Waals surface area contributed by atoms with E-state index in [1.165, 1.54) is 103 Å². The summed E-state index contributed by atoms with van der Waals surface area (Å²) >= 11 is 1.92. The lowest BCUT2D eigenvalue weighted by Gasteiger charge is -2.43. The average Bonchev–Trinajstić information content (AvgIpc) is 3.72. The molecule has 50 heavy (non-hydrogen) atoms. The van der Waals surface area contributed by atoms with Gasteiger partial charge in [0.25, 0.3) is 0 Å². The number of fused-ring (bicyclic) bond motifs is 13. The molecule has 2 nitrogen and oxygen atoms in total. The predicted octanol–water partition coefficient (Wildman–Crippen LogP) is 11.2. The van der Waals surface area contributed by atoms with Gasteiger partial charge in [0, 0.05) is 43.5 Å². The van der Waals surface area contributed by atoms with E-state index in [0.717, 1.165) is 0 Å². The van der Waals surface area contributed by atoms with Crippen LogP contribution in [0.2, 0.25) is 0 Å². The number of para-hydroxylation sites is 1. The van der Waals surface area contributed by atoms with E-state index < -0.39 is 0 Å². The maximum atomic E-state index is 2.66. The van der Waals surface area contributed by atoms with Gasteiger partial charge in [-0.2, -0.15) is 0 Å². The smallest absolute Gasteiger partial charge is 0.333 e. The Morgan fingerprint density at radius 2 is 1.20 bits per heavy atom. The molecule has 0 saturated heterocycles. The number of hydrogen-bond donors (Lipinski definition) is 0. The van der Waals surface area contributed by atoms with E-state index in [2.05, 4.69) is 173 Å². The topological polar surface area (TPSA) is 8.17 Å². The molecule has 10 aromatic rings. The minimum atomic E-state index is -0.0167. The first-order valence-electron chi connectivity index (χ1n) is 17.3. The van der Waals surface area contributed by atoms with Crippen molar-refractivity contribution in [1.29, 1.82) is 0 Å². The van der Waals surface area contributed by atoms with Crippen molar-refractivity contribution < 1.29 is 0 Å². The average molecular weight is 651 g/mol. The van der Waals surface area contributed by atoms with Crippen molar-refractivity contribution >= 4 is 93.2 Å². The van der Waals surface area contributed by atoms with Crippen LogP contribution in [0.5, 0.6) is 0 Å². The van der Waals surface area contributed by atoms with Gasteiger partial charge in [-0.15, -0.1) is 11.3 Å². The Morgan fingerprint density at radius 1 is 0.500 bits per heavy atom. The zero-order valence-electron chi connectivity index (χ0n) is 27.0. The highest BCUT2D eigenvalue weighted by molar-refractivity contribution is 7.26. The van der Waals surface area contributed by atoms with E-state index in [1.54, 1.807) is 0 Å². The predicted molar refractivity (Wildman–Crippen MR) is 216 cm³/mol. The Bertz CT molecular complexity index is 3050. The maximum Gasteiger partial charge on any atom is 0.333 e. The van der Waals surface area contributed by atoms with Gasteiger partial charge in [0.15, 0.2) is 0 Å². The largest absolute Gasteiger partial charge is 0.376 e. The van der Waals surface area contributed by atoms with Crippen LogP contribution in [0.15, 0.2) is 164 Å². The molecule has 2 aromatic heterocycles. The van der Waals surface area contributed by atoms with Crippen molar-refractivity contribution in [3.05, 3.63) is 164 Å². The van der Waals surface area contributed by atoms with E-state index in [1.807, 2.05) is 11.3 Å². The number of aromatic nitrogens is 1. The Hall–Kier alpha value is -6.10. The van der Waals surface area contributed by atoms with Gasteiger partial charge in [-0.05, 0) is 68.0 Å². The fourth-order valence-corrected chi connectivity index (χ4v) is 10.3. The quantitative estimate of drug-likeness (QED) is 0.169. The second-order valence-corrected chi connectivity index (χ2v) is 14.7. The highest BCUT2D eigenvalue weighted by Gasteiger charge is 2.45. The first kappa shape index (κ1) is 26.8. The van der Waals surface area contributed by atoms with Crippen LogP contribution in [0.3, 0.4) is 0 Å². The van der Waals surface area contributed by atoms with Gasteiger partial charge in [0.2, 0.25) is 0 Å². The minimum absolute atomic E-state index is 0.0167. The number of rotatable bonds is 2. The third-order valence-electron chi connectivity index (χ3n) is 11.1. The summed E-state index contributed by atoms with van der Waals surface area (Å²) in [5.74, 6) is 0. The first-order valence-corrected chi connectivity index (χ1v) is 18.1. The van der Waals surface area contributed by atoms with Gasteiger partial charge >= 0.3 is 6.85 Å². The molecule has 0 radical (unpaired) electrons. The molecule has 0 fully saturated rings. The molecule has 2 aliphatic rings. The zero-order valence-corrected chi connectivity index (χ0v) is 27.8. The number of nitrogens with zero attached hydrogens (tertiary/aromatic N) is 2. The summed E-state index contributed by atoms with van der Waals surface area (Å²) in [6.07, 6.45) is 0. The third-order valence-corrected chi connectivity index (χ3v) is 12.3. The van der Waals surface area contributed by atoms with Crippen LogP contribution in [0.25, 0.3) is 80.7 Å². The van der Waals surface area contributed by atoms with Crippen molar-refractivity contribution in [2.75, 3.05) is 4.81 Å². The Labute approximate surface area is 293 Å². The summed E-state index contributed by atoms with van der Waals surface area (Å²) in [6.45, 7) is -0.0167. The lowest BCUT2D eigenvalue weighted by molar-refractivity contribution is 1.19. The highest BCUT2D eigenvalue weighted by Crippen LogP contribution is 2.50. The number of anilines is 2. The van der Waals surface area contributed by atoms with Crippen molar-refractivity contribution in [2.24, 2.45) is 0 Å². The number of hydrogen-bond acceptors (Lipinski definition) is 2. The fraction of sp³-hybridized carbons (Fsp3) is 0. The van der Waals surface area contributed by atoms with Gasteiger partial charge in [-0.1, -0.05) is 140 Å². The lowest BCUT2D eigenvalue weighted by Crippen LogP contribution is -2.60. The van der Waals surface area contributed by atoms with Gasteiger partial charge in [-0.25, -0.2) is 0 Å². The molecule has 2 aliphatic heterocycles.